The van der Waals surface area contributed by atoms with Crippen LogP contribution in [0, 0.1) is 0 Å². The first-order valence-electron chi connectivity index (χ1n) is 6.83. The molecule has 2 atom stereocenters. The highest BCUT2D eigenvalue weighted by molar-refractivity contribution is 5.16. The van der Waals surface area contributed by atoms with Crippen LogP contribution < -0.4 is 11.1 Å². The largest absolute Gasteiger partial charge is 0.390 e. The Labute approximate surface area is 119 Å². The molecular formula is C16H21N3O. The number of benzene rings is 1. The van der Waals surface area contributed by atoms with E-state index in [4.69, 9.17) is 5.73 Å². The van der Waals surface area contributed by atoms with Gasteiger partial charge >= 0.3 is 0 Å². The lowest BCUT2D eigenvalue weighted by atomic mass is 10.0. The van der Waals surface area contributed by atoms with E-state index in [9.17, 15) is 5.11 Å². The molecule has 1 aromatic heterocycles. The molecule has 4 nitrogen and oxygen atoms in total. The average molecular weight is 271 g/mol. The van der Waals surface area contributed by atoms with Crippen molar-refractivity contribution in [3.63, 3.8) is 0 Å². The van der Waals surface area contributed by atoms with Crippen LogP contribution in [0.2, 0.25) is 0 Å². The predicted molar refractivity (Wildman–Crippen MR) is 80.1 cm³/mol. The van der Waals surface area contributed by atoms with E-state index in [0.29, 0.717) is 19.5 Å². The van der Waals surface area contributed by atoms with Crippen molar-refractivity contribution in [2.45, 2.75) is 25.1 Å². The van der Waals surface area contributed by atoms with Crippen molar-refractivity contribution >= 4 is 0 Å². The molecule has 0 spiro atoms. The number of nitrogens with zero attached hydrogens (tertiary/aromatic N) is 1. The van der Waals surface area contributed by atoms with Crippen LogP contribution in [0.3, 0.4) is 0 Å². The quantitative estimate of drug-likeness (QED) is 0.705. The third-order valence-corrected chi connectivity index (χ3v) is 3.24. The third-order valence-electron chi connectivity index (χ3n) is 3.24. The summed E-state index contributed by atoms with van der Waals surface area (Å²) in [6.45, 7) is 1.19. The van der Waals surface area contributed by atoms with Crippen molar-refractivity contribution in [2.24, 2.45) is 5.73 Å². The molecule has 0 fully saturated rings. The Morgan fingerprint density at radius 2 is 1.75 bits per heavy atom. The summed E-state index contributed by atoms with van der Waals surface area (Å²) in [6, 6.07) is 13.6. The van der Waals surface area contributed by atoms with E-state index in [1.54, 1.807) is 12.4 Å². The van der Waals surface area contributed by atoms with Gasteiger partial charge in [0.2, 0.25) is 0 Å². The van der Waals surface area contributed by atoms with Crippen LogP contribution in [-0.2, 0) is 13.0 Å². The minimum atomic E-state index is -0.558. The molecule has 0 aliphatic carbocycles. The van der Waals surface area contributed by atoms with Crippen molar-refractivity contribution in [1.29, 1.82) is 0 Å². The lowest BCUT2D eigenvalue weighted by molar-refractivity contribution is 0.141. The first kappa shape index (κ1) is 14.7. The number of hydrogen-bond donors (Lipinski definition) is 3. The Hall–Kier alpha value is -1.75. The van der Waals surface area contributed by atoms with Gasteiger partial charge in [-0.3, -0.25) is 4.98 Å². The summed E-state index contributed by atoms with van der Waals surface area (Å²) in [4.78, 5) is 3.97. The third kappa shape index (κ3) is 4.74. The van der Waals surface area contributed by atoms with Gasteiger partial charge in [0.15, 0.2) is 0 Å². The molecule has 0 radical (unpaired) electrons. The summed E-state index contributed by atoms with van der Waals surface area (Å²) in [5.41, 5.74) is 8.32. The van der Waals surface area contributed by atoms with E-state index in [1.165, 1.54) is 0 Å². The van der Waals surface area contributed by atoms with Gasteiger partial charge in [0, 0.05) is 31.5 Å². The standard InChI is InChI=1S/C16H21N3O/c17-15(10-13-4-2-1-3-5-13)16(20)12-19-11-14-6-8-18-9-7-14/h1-9,15-16,19-20H,10-12,17H2. The molecule has 106 valence electrons. The Morgan fingerprint density at radius 3 is 2.45 bits per heavy atom. The zero-order chi connectivity index (χ0) is 14.2. The summed E-state index contributed by atoms with van der Waals surface area (Å²) in [7, 11) is 0. The lowest BCUT2D eigenvalue weighted by Crippen LogP contribution is -2.42. The van der Waals surface area contributed by atoms with Crippen LogP contribution in [0.1, 0.15) is 11.1 Å². The summed E-state index contributed by atoms with van der Waals surface area (Å²) in [5, 5.41) is 13.3. The number of pyridine rings is 1. The maximum absolute atomic E-state index is 10.1. The maximum atomic E-state index is 10.1. The van der Waals surface area contributed by atoms with Gasteiger partial charge in [-0.15, -0.1) is 0 Å². The second-order valence-electron chi connectivity index (χ2n) is 4.91. The highest BCUT2D eigenvalue weighted by atomic mass is 16.3. The van der Waals surface area contributed by atoms with E-state index in [2.05, 4.69) is 10.3 Å². The summed E-state index contributed by atoms with van der Waals surface area (Å²) >= 11 is 0. The Balaban J connectivity index is 1.73. The van der Waals surface area contributed by atoms with Crippen molar-refractivity contribution in [2.75, 3.05) is 6.54 Å². The van der Waals surface area contributed by atoms with Gasteiger partial charge in [-0.1, -0.05) is 30.3 Å². The van der Waals surface area contributed by atoms with Crippen LogP contribution in [0.5, 0.6) is 0 Å². The van der Waals surface area contributed by atoms with Crippen LogP contribution >= 0.6 is 0 Å². The number of aromatic nitrogens is 1. The normalized spacial score (nSPS) is 13.9. The molecule has 1 aromatic carbocycles. The zero-order valence-corrected chi connectivity index (χ0v) is 11.4. The predicted octanol–water partition coefficient (Wildman–Crippen LogP) is 1.10. The number of aliphatic hydroxyl groups excluding tert-OH is 1. The van der Waals surface area contributed by atoms with Gasteiger partial charge in [0.25, 0.3) is 0 Å². The van der Waals surface area contributed by atoms with E-state index >= 15 is 0 Å². The summed E-state index contributed by atoms with van der Waals surface area (Å²) in [6.07, 6.45) is 3.64. The zero-order valence-electron chi connectivity index (χ0n) is 11.4. The monoisotopic (exact) mass is 271 g/mol. The number of nitrogens with two attached hydrogens (primary N) is 1. The Morgan fingerprint density at radius 1 is 1.05 bits per heavy atom. The molecule has 0 amide bonds. The molecule has 2 unspecified atom stereocenters. The first-order valence-corrected chi connectivity index (χ1v) is 6.83. The van der Waals surface area contributed by atoms with Crippen molar-refractivity contribution < 1.29 is 5.11 Å². The van der Waals surface area contributed by atoms with E-state index in [0.717, 1.165) is 11.1 Å². The van der Waals surface area contributed by atoms with E-state index < -0.39 is 6.10 Å². The molecule has 0 aliphatic heterocycles. The number of aliphatic hydroxyl groups is 1. The minimum Gasteiger partial charge on any atom is -0.390 e. The molecule has 0 bridgehead atoms. The molecule has 20 heavy (non-hydrogen) atoms. The molecule has 0 saturated heterocycles. The fraction of sp³-hybridized carbons (Fsp3) is 0.312. The molecule has 1 heterocycles. The first-order chi connectivity index (χ1) is 9.75. The fourth-order valence-electron chi connectivity index (χ4n) is 2.04. The Kier molecular flexibility index (Phi) is 5.68. The van der Waals surface area contributed by atoms with Gasteiger partial charge in [-0.05, 0) is 29.7 Å². The van der Waals surface area contributed by atoms with Crippen LogP contribution in [0.4, 0.5) is 0 Å². The van der Waals surface area contributed by atoms with Crippen LogP contribution in [-0.4, -0.2) is 28.8 Å². The molecule has 4 heteroatoms. The van der Waals surface area contributed by atoms with Gasteiger partial charge in [0.05, 0.1) is 6.10 Å². The van der Waals surface area contributed by atoms with Gasteiger partial charge in [-0.2, -0.15) is 0 Å². The number of nitrogens with one attached hydrogen (secondary N) is 1. The molecule has 2 aromatic rings. The minimum absolute atomic E-state index is 0.262. The SMILES string of the molecule is NC(Cc1ccccc1)C(O)CNCc1ccncc1. The smallest absolute Gasteiger partial charge is 0.0818 e. The van der Waals surface area contributed by atoms with Crippen molar-refractivity contribution in [3.05, 3.63) is 66.0 Å². The van der Waals surface area contributed by atoms with Gasteiger partial charge in [-0.25, -0.2) is 0 Å². The van der Waals surface area contributed by atoms with Crippen LogP contribution in [0.25, 0.3) is 0 Å². The number of rotatable bonds is 7. The molecule has 0 aliphatic rings. The van der Waals surface area contributed by atoms with E-state index in [-0.39, 0.29) is 6.04 Å². The maximum Gasteiger partial charge on any atom is 0.0818 e. The lowest BCUT2D eigenvalue weighted by Gasteiger charge is -2.19. The second kappa shape index (κ2) is 7.75. The molecule has 2 rings (SSSR count). The average Bonchev–Trinajstić information content (AvgIpc) is 2.49. The molecule has 4 N–H and O–H groups in total. The molecular weight excluding hydrogens is 250 g/mol. The number of hydrogen-bond acceptors (Lipinski definition) is 4. The Bertz CT molecular complexity index is 490. The molecule has 0 saturated carbocycles. The van der Waals surface area contributed by atoms with Crippen LogP contribution in [0.15, 0.2) is 54.9 Å². The summed E-state index contributed by atoms with van der Waals surface area (Å²) < 4.78 is 0. The van der Waals surface area contributed by atoms with E-state index in [1.807, 2.05) is 42.5 Å². The summed E-state index contributed by atoms with van der Waals surface area (Å²) in [5.74, 6) is 0. The topological polar surface area (TPSA) is 71.2 Å². The van der Waals surface area contributed by atoms with Crippen molar-refractivity contribution in [3.8, 4) is 0 Å². The van der Waals surface area contributed by atoms with Gasteiger partial charge in [0.1, 0.15) is 0 Å². The van der Waals surface area contributed by atoms with Gasteiger partial charge < -0.3 is 16.2 Å². The highest BCUT2D eigenvalue weighted by Crippen LogP contribution is 2.04. The fourth-order valence-corrected chi connectivity index (χ4v) is 2.04. The highest BCUT2D eigenvalue weighted by Gasteiger charge is 2.14. The second-order valence-corrected chi connectivity index (χ2v) is 4.91. The van der Waals surface area contributed by atoms with Crippen molar-refractivity contribution in [1.82, 2.24) is 10.3 Å².